The molecule has 0 radical (unpaired) electrons. The molecule has 156 valence electrons. The van der Waals surface area contributed by atoms with Crippen molar-refractivity contribution in [3.8, 4) is 16.9 Å². The Morgan fingerprint density at radius 3 is 2.55 bits per heavy atom. The molecule has 1 aromatic heterocycles. The molecular formula is C22H15ClN3O3S2-. The van der Waals surface area contributed by atoms with Gasteiger partial charge in [-0.25, -0.2) is 4.68 Å². The zero-order chi connectivity index (χ0) is 22.0. The Balaban J connectivity index is 1.74. The predicted octanol–water partition coefficient (Wildman–Crippen LogP) is 3.53. The van der Waals surface area contributed by atoms with Crippen molar-refractivity contribution >= 4 is 57.9 Å². The van der Waals surface area contributed by atoms with Crippen LogP contribution in [0.25, 0.3) is 23.0 Å². The van der Waals surface area contributed by atoms with Gasteiger partial charge in [0.25, 0.3) is 5.91 Å². The first-order valence-electron chi connectivity index (χ1n) is 9.28. The van der Waals surface area contributed by atoms with Crippen LogP contribution >= 0.6 is 35.6 Å². The highest BCUT2D eigenvalue weighted by molar-refractivity contribution is 8.26. The summed E-state index contributed by atoms with van der Waals surface area (Å²) in [5.74, 6) is -1.56. The van der Waals surface area contributed by atoms with Gasteiger partial charge in [0.2, 0.25) is 0 Å². The van der Waals surface area contributed by atoms with E-state index in [1.165, 1.54) is 4.90 Å². The average molecular weight is 469 g/mol. The number of thiocarbonyl (C=S) groups is 1. The largest absolute Gasteiger partial charge is 0.550 e. The van der Waals surface area contributed by atoms with Gasteiger partial charge in [0, 0.05) is 41.3 Å². The number of aliphatic carboxylic acids is 1. The van der Waals surface area contributed by atoms with Crippen LogP contribution in [-0.4, -0.2) is 37.4 Å². The van der Waals surface area contributed by atoms with Crippen LogP contribution in [-0.2, 0) is 9.59 Å². The fourth-order valence-electron chi connectivity index (χ4n) is 3.08. The number of carbonyl (C=O) groups is 2. The first-order valence-corrected chi connectivity index (χ1v) is 10.9. The van der Waals surface area contributed by atoms with Crippen LogP contribution in [0.2, 0.25) is 5.02 Å². The minimum Gasteiger partial charge on any atom is -0.550 e. The van der Waals surface area contributed by atoms with E-state index < -0.39 is 5.97 Å². The molecular weight excluding hydrogens is 454 g/mol. The number of thioether (sulfide) groups is 1. The lowest BCUT2D eigenvalue weighted by molar-refractivity contribution is -0.305. The number of para-hydroxylation sites is 1. The number of carbonyl (C=O) groups excluding carboxylic acids is 2. The minimum absolute atomic E-state index is 0.0162. The lowest BCUT2D eigenvalue weighted by Gasteiger charge is -2.14. The van der Waals surface area contributed by atoms with Gasteiger partial charge in [-0.05, 0) is 30.3 Å². The van der Waals surface area contributed by atoms with E-state index in [4.69, 9.17) is 28.9 Å². The van der Waals surface area contributed by atoms with Crippen molar-refractivity contribution in [2.45, 2.75) is 6.42 Å². The summed E-state index contributed by atoms with van der Waals surface area (Å²) in [5, 5.41) is 16.1. The Morgan fingerprint density at radius 2 is 1.87 bits per heavy atom. The van der Waals surface area contributed by atoms with Gasteiger partial charge in [0.15, 0.2) is 0 Å². The number of carboxylic acid groups (broad SMARTS) is 1. The fourth-order valence-corrected chi connectivity index (χ4v) is 4.50. The average Bonchev–Trinajstić information content (AvgIpc) is 3.29. The molecule has 0 N–H and O–H groups in total. The number of aromatic nitrogens is 2. The van der Waals surface area contributed by atoms with Crippen molar-refractivity contribution in [3.05, 3.63) is 76.3 Å². The maximum absolute atomic E-state index is 12.8. The monoisotopic (exact) mass is 468 g/mol. The molecule has 0 spiro atoms. The second-order valence-corrected chi connectivity index (χ2v) is 8.79. The zero-order valence-corrected chi connectivity index (χ0v) is 18.4. The number of carboxylic acids is 1. The molecule has 31 heavy (non-hydrogen) atoms. The molecule has 0 saturated carbocycles. The molecule has 1 saturated heterocycles. The fraction of sp³-hybridized carbons (Fsp3) is 0.0909. The van der Waals surface area contributed by atoms with Crippen molar-refractivity contribution in [1.82, 2.24) is 14.7 Å². The van der Waals surface area contributed by atoms with E-state index in [2.05, 4.69) is 0 Å². The molecule has 1 fully saturated rings. The van der Waals surface area contributed by atoms with Gasteiger partial charge in [0.1, 0.15) is 4.32 Å². The Kier molecular flexibility index (Phi) is 6.22. The second-order valence-electron chi connectivity index (χ2n) is 6.68. The van der Waals surface area contributed by atoms with E-state index in [1.54, 1.807) is 22.9 Å². The Bertz CT molecular complexity index is 1190. The highest BCUT2D eigenvalue weighted by Crippen LogP contribution is 2.35. The normalized spacial score (nSPS) is 15.1. The van der Waals surface area contributed by atoms with Crippen molar-refractivity contribution in [2.24, 2.45) is 0 Å². The van der Waals surface area contributed by atoms with Crippen LogP contribution in [0.3, 0.4) is 0 Å². The molecule has 1 amide bonds. The number of benzene rings is 2. The van der Waals surface area contributed by atoms with Crippen LogP contribution < -0.4 is 5.11 Å². The molecule has 3 aromatic rings. The maximum Gasteiger partial charge on any atom is 0.266 e. The molecule has 2 aromatic carbocycles. The van der Waals surface area contributed by atoms with Crippen molar-refractivity contribution in [2.75, 3.05) is 6.54 Å². The summed E-state index contributed by atoms with van der Waals surface area (Å²) < 4.78 is 2.06. The van der Waals surface area contributed by atoms with Gasteiger partial charge in [-0.3, -0.25) is 9.69 Å². The van der Waals surface area contributed by atoms with E-state index in [9.17, 15) is 14.7 Å². The molecule has 6 nitrogen and oxygen atoms in total. The number of hydrogen-bond acceptors (Lipinski definition) is 6. The third kappa shape index (κ3) is 4.71. The Labute approximate surface area is 193 Å². The summed E-state index contributed by atoms with van der Waals surface area (Å²) >= 11 is 12.4. The zero-order valence-electron chi connectivity index (χ0n) is 16.0. The summed E-state index contributed by atoms with van der Waals surface area (Å²) in [7, 11) is 0. The molecule has 0 aliphatic carbocycles. The molecule has 0 bridgehead atoms. The number of hydrogen-bond donors (Lipinski definition) is 0. The maximum atomic E-state index is 12.8. The van der Waals surface area contributed by atoms with Gasteiger partial charge in [-0.2, -0.15) is 5.10 Å². The van der Waals surface area contributed by atoms with Gasteiger partial charge in [0.05, 0.1) is 16.3 Å². The Hall–Kier alpha value is -2.94. The van der Waals surface area contributed by atoms with Crippen molar-refractivity contribution < 1.29 is 14.7 Å². The number of amides is 1. The first kappa shape index (κ1) is 21.3. The highest BCUT2D eigenvalue weighted by atomic mass is 35.5. The van der Waals surface area contributed by atoms with E-state index in [-0.39, 0.29) is 18.9 Å². The lowest BCUT2D eigenvalue weighted by Crippen LogP contribution is -2.33. The van der Waals surface area contributed by atoms with Gasteiger partial charge < -0.3 is 9.90 Å². The van der Waals surface area contributed by atoms with Crippen LogP contribution in [0.15, 0.2) is 65.7 Å². The Morgan fingerprint density at radius 1 is 1.16 bits per heavy atom. The first-order chi connectivity index (χ1) is 14.9. The van der Waals surface area contributed by atoms with E-state index in [0.717, 1.165) is 28.6 Å². The minimum atomic E-state index is -1.23. The number of nitrogens with zero attached hydrogens (tertiary/aromatic N) is 3. The van der Waals surface area contributed by atoms with Gasteiger partial charge >= 0.3 is 0 Å². The molecule has 1 aliphatic rings. The van der Waals surface area contributed by atoms with Crippen LogP contribution in [0.5, 0.6) is 0 Å². The van der Waals surface area contributed by atoms with Crippen LogP contribution in [0.4, 0.5) is 0 Å². The van der Waals surface area contributed by atoms with Gasteiger partial charge in [-0.1, -0.05) is 65.9 Å². The van der Waals surface area contributed by atoms with E-state index in [0.29, 0.717) is 19.9 Å². The predicted molar refractivity (Wildman–Crippen MR) is 124 cm³/mol. The topological polar surface area (TPSA) is 78.3 Å². The third-order valence-corrected chi connectivity index (χ3v) is 6.21. The number of halogens is 1. The summed E-state index contributed by atoms with van der Waals surface area (Å²) in [6.45, 7) is -0.0162. The van der Waals surface area contributed by atoms with Crippen LogP contribution in [0, 0.1) is 0 Å². The molecule has 4 rings (SSSR count). The molecule has 1 aliphatic heterocycles. The molecule has 2 heterocycles. The summed E-state index contributed by atoms with van der Waals surface area (Å²) in [5.41, 5.74) is 3.13. The van der Waals surface area contributed by atoms with Gasteiger partial charge in [-0.15, -0.1) is 0 Å². The van der Waals surface area contributed by atoms with Crippen molar-refractivity contribution in [3.63, 3.8) is 0 Å². The summed E-state index contributed by atoms with van der Waals surface area (Å²) in [4.78, 5) is 25.3. The third-order valence-electron chi connectivity index (χ3n) is 4.58. The highest BCUT2D eigenvalue weighted by Gasteiger charge is 2.32. The molecule has 0 unspecified atom stereocenters. The second kappa shape index (κ2) is 9.05. The molecule has 9 heteroatoms. The lowest BCUT2D eigenvalue weighted by atomic mass is 10.1. The van der Waals surface area contributed by atoms with E-state index >= 15 is 0 Å². The SMILES string of the molecule is O=C([O-])CCN1C(=O)/C(=C\c2cn(-c3ccccc3)nc2-c2ccc(Cl)cc2)SC1=S. The van der Waals surface area contributed by atoms with Crippen LogP contribution in [0.1, 0.15) is 12.0 Å². The quantitative estimate of drug-likeness (QED) is 0.407. The van der Waals surface area contributed by atoms with Crippen molar-refractivity contribution in [1.29, 1.82) is 0 Å². The smallest absolute Gasteiger partial charge is 0.266 e. The summed E-state index contributed by atoms with van der Waals surface area (Å²) in [6.07, 6.45) is 3.30. The summed E-state index contributed by atoms with van der Waals surface area (Å²) in [6, 6.07) is 16.9. The standard InChI is InChI=1S/C22H16ClN3O3S2/c23-16-8-6-14(7-9-16)20-15(13-26(24-20)17-4-2-1-3-5-17)12-18-21(29)25(22(30)31-18)11-10-19(27)28/h1-9,12-13H,10-11H2,(H,27,28)/p-1/b18-12+. The molecule has 0 atom stereocenters. The van der Waals surface area contributed by atoms with E-state index in [1.807, 2.05) is 48.7 Å². The number of rotatable bonds is 6.